The molecule has 2 rings (SSSR count). The monoisotopic (exact) mass is 386 g/mol. The Kier molecular flexibility index (Phi) is 7.03. The van der Waals surface area contributed by atoms with Crippen LogP contribution in [0.1, 0.15) is 18.1 Å². The quantitative estimate of drug-likeness (QED) is 0.284. The minimum Gasteiger partial charge on any atom is -0.500 e. The van der Waals surface area contributed by atoms with Crippen LogP contribution in [0.3, 0.4) is 0 Å². The fourth-order valence-electron chi connectivity index (χ4n) is 2.17. The summed E-state index contributed by atoms with van der Waals surface area (Å²) in [6, 6.07) is 11.4. The van der Waals surface area contributed by atoms with Gasteiger partial charge in [-0.05, 0) is 18.6 Å². The number of nitrogens with one attached hydrogen (secondary N) is 2. The molecule has 0 spiro atoms. The van der Waals surface area contributed by atoms with E-state index in [1.807, 2.05) is 11.5 Å². The van der Waals surface area contributed by atoms with Gasteiger partial charge in [-0.25, -0.2) is 5.43 Å². The number of rotatable bonds is 7. The highest BCUT2D eigenvalue weighted by atomic mass is 16.6. The Morgan fingerprint density at radius 1 is 1.25 bits per heavy atom. The number of phenols is 1. The van der Waals surface area contributed by atoms with E-state index in [1.54, 1.807) is 31.2 Å². The van der Waals surface area contributed by atoms with Crippen molar-refractivity contribution in [3.63, 3.8) is 0 Å². The summed E-state index contributed by atoms with van der Waals surface area (Å²) in [6.45, 7) is 2.02. The molecule has 10 nitrogen and oxygen atoms in total. The van der Waals surface area contributed by atoms with Crippen molar-refractivity contribution in [1.29, 1.82) is 0 Å². The number of hydrogen-bond donors (Lipinski definition) is 3. The Hall–Kier alpha value is -3.95. The molecule has 146 valence electrons. The van der Waals surface area contributed by atoms with Crippen LogP contribution >= 0.6 is 0 Å². The maximum absolute atomic E-state index is 11.7. The van der Waals surface area contributed by atoms with E-state index in [1.165, 1.54) is 6.07 Å². The minimum atomic E-state index is -0.995. The van der Waals surface area contributed by atoms with Crippen molar-refractivity contribution in [3.05, 3.63) is 63.7 Å². The van der Waals surface area contributed by atoms with Crippen LogP contribution in [-0.4, -0.2) is 34.7 Å². The smallest absolute Gasteiger partial charge is 0.329 e. The van der Waals surface area contributed by atoms with Gasteiger partial charge in [0.05, 0.1) is 17.7 Å². The van der Waals surface area contributed by atoms with Gasteiger partial charge in [0.1, 0.15) is 0 Å². The number of amides is 2. The number of nitrogens with zero attached hydrogens (tertiary/aromatic N) is 2. The third kappa shape index (κ3) is 5.53. The highest BCUT2D eigenvalue weighted by Crippen LogP contribution is 2.36. The second kappa shape index (κ2) is 9.67. The highest BCUT2D eigenvalue weighted by Gasteiger charge is 2.20. The number of nitro groups is 1. The standard InChI is InChI=1S/C18H18N4O6/c1-2-28-15-9-13(8-14(16(15)23)22(26)27)11-20-21-18(25)17(24)19-10-12-6-4-3-5-7-12/h3-9,11,23H,2,10H2,1H3,(H,19,24)(H,21,25)/b20-11+. The first-order valence-electron chi connectivity index (χ1n) is 8.21. The van der Waals surface area contributed by atoms with Crippen LogP contribution in [-0.2, 0) is 16.1 Å². The summed E-state index contributed by atoms with van der Waals surface area (Å²) in [7, 11) is 0. The van der Waals surface area contributed by atoms with Gasteiger partial charge < -0.3 is 15.2 Å². The molecule has 0 heterocycles. The summed E-state index contributed by atoms with van der Waals surface area (Å²) in [5.41, 5.74) is 2.48. The molecule has 0 saturated heterocycles. The van der Waals surface area contributed by atoms with Crippen LogP contribution < -0.4 is 15.5 Å². The number of hydrazone groups is 1. The fraction of sp³-hybridized carbons (Fsp3) is 0.167. The largest absolute Gasteiger partial charge is 0.500 e. The Morgan fingerprint density at radius 3 is 2.61 bits per heavy atom. The van der Waals surface area contributed by atoms with E-state index in [4.69, 9.17) is 4.74 Å². The van der Waals surface area contributed by atoms with Gasteiger partial charge in [-0.1, -0.05) is 30.3 Å². The van der Waals surface area contributed by atoms with Crippen LogP contribution in [0.5, 0.6) is 11.5 Å². The molecule has 0 aliphatic heterocycles. The Labute approximate surface area is 160 Å². The number of benzene rings is 2. The Morgan fingerprint density at radius 2 is 1.96 bits per heavy atom. The van der Waals surface area contributed by atoms with E-state index in [9.17, 15) is 24.8 Å². The predicted octanol–water partition coefficient (Wildman–Crippen LogP) is 1.47. The Bertz CT molecular complexity index is 898. The van der Waals surface area contributed by atoms with Crippen molar-refractivity contribution in [2.45, 2.75) is 13.5 Å². The molecule has 10 heteroatoms. The lowest BCUT2D eigenvalue weighted by Gasteiger charge is -2.07. The average molecular weight is 386 g/mol. The van der Waals surface area contributed by atoms with E-state index in [0.717, 1.165) is 17.8 Å². The minimum absolute atomic E-state index is 0.0925. The molecule has 0 aromatic heterocycles. The van der Waals surface area contributed by atoms with Gasteiger partial charge in [-0.3, -0.25) is 19.7 Å². The fourth-order valence-corrected chi connectivity index (χ4v) is 2.17. The third-order valence-corrected chi connectivity index (χ3v) is 3.46. The van der Waals surface area contributed by atoms with Crippen LogP contribution in [0, 0.1) is 10.1 Å². The molecule has 28 heavy (non-hydrogen) atoms. The maximum Gasteiger partial charge on any atom is 0.329 e. The van der Waals surface area contributed by atoms with Gasteiger partial charge in [0.15, 0.2) is 5.75 Å². The molecule has 2 aromatic carbocycles. The zero-order valence-electron chi connectivity index (χ0n) is 14.9. The molecular weight excluding hydrogens is 368 g/mol. The van der Waals surface area contributed by atoms with Crippen molar-refractivity contribution in [2.75, 3.05) is 6.61 Å². The molecular formula is C18H18N4O6. The lowest BCUT2D eigenvalue weighted by molar-refractivity contribution is -0.386. The number of aromatic hydroxyl groups is 1. The SMILES string of the molecule is CCOc1cc(/C=N/NC(=O)C(=O)NCc2ccccc2)cc([N+](=O)[O-])c1O. The van der Waals surface area contributed by atoms with Gasteiger partial charge in [-0.2, -0.15) is 5.10 Å². The summed E-state index contributed by atoms with van der Waals surface area (Å²) in [4.78, 5) is 33.7. The second-order valence-electron chi connectivity index (χ2n) is 5.44. The van der Waals surface area contributed by atoms with E-state index in [0.29, 0.717) is 0 Å². The van der Waals surface area contributed by atoms with Gasteiger partial charge in [-0.15, -0.1) is 0 Å². The van der Waals surface area contributed by atoms with E-state index < -0.39 is 28.2 Å². The maximum atomic E-state index is 11.7. The number of hydrogen-bond acceptors (Lipinski definition) is 7. The van der Waals surface area contributed by atoms with Crippen LogP contribution in [0.15, 0.2) is 47.6 Å². The van der Waals surface area contributed by atoms with Gasteiger partial charge in [0, 0.05) is 18.2 Å². The zero-order valence-corrected chi connectivity index (χ0v) is 14.9. The van der Waals surface area contributed by atoms with Crippen molar-refractivity contribution in [2.24, 2.45) is 5.10 Å². The first-order chi connectivity index (χ1) is 13.4. The second-order valence-corrected chi connectivity index (χ2v) is 5.44. The first kappa shape index (κ1) is 20.4. The highest BCUT2D eigenvalue weighted by molar-refractivity contribution is 6.35. The number of nitro benzene ring substituents is 1. The lowest BCUT2D eigenvalue weighted by atomic mass is 10.2. The molecule has 0 atom stereocenters. The molecule has 0 radical (unpaired) electrons. The molecule has 2 amide bonds. The van der Waals surface area contributed by atoms with Gasteiger partial charge >= 0.3 is 17.5 Å². The topological polar surface area (TPSA) is 143 Å². The molecule has 0 saturated carbocycles. The van der Waals surface area contributed by atoms with Crippen molar-refractivity contribution >= 4 is 23.7 Å². The molecule has 0 aliphatic carbocycles. The van der Waals surface area contributed by atoms with E-state index >= 15 is 0 Å². The van der Waals surface area contributed by atoms with Crippen LogP contribution in [0.4, 0.5) is 5.69 Å². The summed E-state index contributed by atoms with van der Waals surface area (Å²) in [6.07, 6.45) is 1.09. The Balaban J connectivity index is 2.00. The predicted molar refractivity (Wildman–Crippen MR) is 100.0 cm³/mol. The van der Waals surface area contributed by atoms with Gasteiger partial charge in [0.2, 0.25) is 5.75 Å². The molecule has 2 aromatic rings. The lowest BCUT2D eigenvalue weighted by Crippen LogP contribution is -2.37. The molecule has 3 N–H and O–H groups in total. The third-order valence-electron chi connectivity index (χ3n) is 3.46. The number of carbonyl (C=O) groups excluding carboxylic acids is 2. The van der Waals surface area contributed by atoms with Crippen molar-refractivity contribution < 1.29 is 24.4 Å². The zero-order chi connectivity index (χ0) is 20.5. The molecule has 0 aliphatic rings. The number of carbonyl (C=O) groups is 2. The van der Waals surface area contributed by atoms with E-state index in [-0.39, 0.29) is 24.5 Å². The van der Waals surface area contributed by atoms with Crippen molar-refractivity contribution in [1.82, 2.24) is 10.7 Å². The summed E-state index contributed by atoms with van der Waals surface area (Å²) in [5, 5.41) is 26.9. The van der Waals surface area contributed by atoms with Crippen LogP contribution in [0.2, 0.25) is 0 Å². The van der Waals surface area contributed by atoms with Crippen LogP contribution in [0.25, 0.3) is 0 Å². The molecule has 0 fully saturated rings. The molecule has 0 bridgehead atoms. The normalized spacial score (nSPS) is 10.5. The number of phenolic OH excluding ortho intramolecular Hbond substituents is 1. The summed E-state index contributed by atoms with van der Waals surface area (Å²) in [5.74, 6) is -2.57. The average Bonchev–Trinajstić information content (AvgIpc) is 2.69. The first-order valence-corrected chi connectivity index (χ1v) is 8.21. The summed E-state index contributed by atoms with van der Waals surface area (Å²) >= 11 is 0. The number of ether oxygens (including phenoxy) is 1. The van der Waals surface area contributed by atoms with Crippen molar-refractivity contribution in [3.8, 4) is 11.5 Å². The van der Waals surface area contributed by atoms with E-state index in [2.05, 4.69) is 10.4 Å². The summed E-state index contributed by atoms with van der Waals surface area (Å²) < 4.78 is 5.14. The molecule has 0 unspecified atom stereocenters. The van der Waals surface area contributed by atoms with Gasteiger partial charge in [0.25, 0.3) is 0 Å².